The Balaban J connectivity index is 2.16. The van der Waals surface area contributed by atoms with Crippen molar-refractivity contribution in [2.24, 2.45) is 0 Å². The van der Waals surface area contributed by atoms with E-state index in [0.717, 1.165) is 0 Å². The molecule has 1 heterocycles. The highest BCUT2D eigenvalue weighted by molar-refractivity contribution is 6.04. The van der Waals surface area contributed by atoms with Gasteiger partial charge in [-0.1, -0.05) is 12.1 Å². The zero-order valence-electron chi connectivity index (χ0n) is 10.1. The highest BCUT2D eigenvalue weighted by Gasteiger charge is 2.09. The zero-order chi connectivity index (χ0) is 13.7. The fourth-order valence-electron chi connectivity index (χ4n) is 1.63. The second kappa shape index (κ2) is 6.06. The molecule has 2 N–H and O–H groups in total. The summed E-state index contributed by atoms with van der Waals surface area (Å²) in [6, 6.07) is 9.07. The molecule has 0 radical (unpaired) electrons. The van der Waals surface area contributed by atoms with Gasteiger partial charge in [0.2, 0.25) is 0 Å². The number of aliphatic hydroxyl groups excluding tert-OH is 1. The van der Waals surface area contributed by atoms with Crippen LogP contribution in [0.3, 0.4) is 0 Å². The van der Waals surface area contributed by atoms with Crippen molar-refractivity contribution < 1.29 is 14.3 Å². The summed E-state index contributed by atoms with van der Waals surface area (Å²) in [6.45, 7) is -0.0363. The van der Waals surface area contributed by atoms with Gasteiger partial charge in [0, 0.05) is 30.5 Å². The van der Waals surface area contributed by atoms with Gasteiger partial charge in [0.1, 0.15) is 5.82 Å². The summed E-state index contributed by atoms with van der Waals surface area (Å²) in [5, 5.41) is 11.3. The summed E-state index contributed by atoms with van der Waals surface area (Å²) in [4.78, 5) is 16.0. The lowest BCUT2D eigenvalue weighted by Gasteiger charge is -2.07. The number of nitrogens with one attached hydrogen (secondary N) is 1. The van der Waals surface area contributed by atoms with E-state index in [1.54, 1.807) is 18.2 Å². The minimum atomic E-state index is -0.486. The Labute approximate surface area is 109 Å². The number of hydrogen-bond donors (Lipinski definition) is 2. The summed E-state index contributed by atoms with van der Waals surface area (Å²) in [5.41, 5.74) is 1.12. The Bertz CT molecular complexity index is 587. The monoisotopic (exact) mass is 260 g/mol. The first-order valence-electron chi connectivity index (χ1n) is 5.82. The third-order valence-electron chi connectivity index (χ3n) is 2.57. The number of nitrogens with zero attached hydrogens (tertiary/aromatic N) is 1. The van der Waals surface area contributed by atoms with Crippen LogP contribution < -0.4 is 5.32 Å². The average molecular weight is 260 g/mol. The van der Waals surface area contributed by atoms with E-state index in [4.69, 9.17) is 5.11 Å². The molecule has 2 aromatic rings. The molecule has 19 heavy (non-hydrogen) atoms. The van der Waals surface area contributed by atoms with Crippen LogP contribution >= 0.6 is 0 Å². The SMILES string of the molecule is O=C(Nc1ccccc1F)c1ccnc(CCO)c1. The van der Waals surface area contributed by atoms with Crippen molar-refractivity contribution in [3.05, 3.63) is 59.7 Å². The van der Waals surface area contributed by atoms with Crippen molar-refractivity contribution in [2.45, 2.75) is 6.42 Å². The molecular weight excluding hydrogens is 247 g/mol. The van der Waals surface area contributed by atoms with E-state index in [1.165, 1.54) is 24.4 Å². The predicted octanol–water partition coefficient (Wildman–Crippen LogP) is 2.01. The maximum Gasteiger partial charge on any atom is 0.255 e. The Hall–Kier alpha value is -2.27. The van der Waals surface area contributed by atoms with Crippen molar-refractivity contribution in [1.29, 1.82) is 0 Å². The van der Waals surface area contributed by atoms with E-state index in [1.807, 2.05) is 0 Å². The molecule has 0 aliphatic heterocycles. The number of hydrogen-bond acceptors (Lipinski definition) is 3. The van der Waals surface area contributed by atoms with Gasteiger partial charge in [-0.15, -0.1) is 0 Å². The molecule has 0 aliphatic carbocycles. The van der Waals surface area contributed by atoms with Crippen molar-refractivity contribution in [2.75, 3.05) is 11.9 Å². The highest BCUT2D eigenvalue weighted by Crippen LogP contribution is 2.14. The molecule has 0 aliphatic rings. The largest absolute Gasteiger partial charge is 0.396 e. The summed E-state index contributed by atoms with van der Waals surface area (Å²) in [6.07, 6.45) is 1.86. The molecule has 0 atom stereocenters. The summed E-state index contributed by atoms with van der Waals surface area (Å²) >= 11 is 0. The molecule has 0 saturated heterocycles. The van der Waals surface area contributed by atoms with Crippen LogP contribution in [0, 0.1) is 5.82 Å². The van der Waals surface area contributed by atoms with Crippen LogP contribution in [0.4, 0.5) is 10.1 Å². The molecule has 0 bridgehead atoms. The highest BCUT2D eigenvalue weighted by atomic mass is 19.1. The van der Waals surface area contributed by atoms with Crippen LogP contribution in [0.1, 0.15) is 16.1 Å². The van der Waals surface area contributed by atoms with Crippen LogP contribution in [-0.2, 0) is 6.42 Å². The third-order valence-corrected chi connectivity index (χ3v) is 2.57. The Kier molecular flexibility index (Phi) is 4.20. The molecule has 1 aromatic carbocycles. The van der Waals surface area contributed by atoms with Gasteiger partial charge in [-0.3, -0.25) is 9.78 Å². The molecule has 98 valence electrons. The van der Waals surface area contributed by atoms with E-state index in [-0.39, 0.29) is 12.3 Å². The van der Waals surface area contributed by atoms with E-state index in [2.05, 4.69) is 10.3 Å². The van der Waals surface area contributed by atoms with Crippen molar-refractivity contribution >= 4 is 11.6 Å². The first-order valence-corrected chi connectivity index (χ1v) is 5.82. The molecule has 5 heteroatoms. The number of rotatable bonds is 4. The lowest BCUT2D eigenvalue weighted by Crippen LogP contribution is -2.13. The van der Waals surface area contributed by atoms with Crippen molar-refractivity contribution in [3.63, 3.8) is 0 Å². The lowest BCUT2D eigenvalue weighted by molar-refractivity contribution is 0.102. The minimum absolute atomic E-state index is 0.0363. The summed E-state index contributed by atoms with van der Waals surface area (Å²) < 4.78 is 13.4. The normalized spacial score (nSPS) is 10.2. The molecule has 1 amide bonds. The van der Waals surface area contributed by atoms with Gasteiger partial charge in [-0.25, -0.2) is 4.39 Å². The Morgan fingerprint density at radius 1 is 1.32 bits per heavy atom. The van der Waals surface area contributed by atoms with E-state index in [9.17, 15) is 9.18 Å². The van der Waals surface area contributed by atoms with Gasteiger partial charge in [-0.05, 0) is 24.3 Å². The number of benzene rings is 1. The topological polar surface area (TPSA) is 62.2 Å². The van der Waals surface area contributed by atoms with Crippen LogP contribution in [-0.4, -0.2) is 22.6 Å². The molecule has 0 fully saturated rings. The number of halogens is 1. The molecule has 2 rings (SSSR count). The second-order valence-electron chi connectivity index (χ2n) is 3.94. The second-order valence-corrected chi connectivity index (χ2v) is 3.94. The van der Waals surface area contributed by atoms with E-state index >= 15 is 0 Å². The van der Waals surface area contributed by atoms with Gasteiger partial charge < -0.3 is 10.4 Å². The zero-order valence-corrected chi connectivity index (χ0v) is 10.1. The molecule has 0 spiro atoms. The quantitative estimate of drug-likeness (QED) is 0.884. The number of aromatic nitrogens is 1. The van der Waals surface area contributed by atoms with Crippen LogP contribution in [0.25, 0.3) is 0 Å². The van der Waals surface area contributed by atoms with Gasteiger partial charge in [0.25, 0.3) is 5.91 Å². The summed E-state index contributed by atoms with van der Waals surface area (Å²) in [7, 11) is 0. The smallest absolute Gasteiger partial charge is 0.255 e. The molecular formula is C14H13FN2O2. The number of carbonyl (C=O) groups excluding carboxylic acids is 1. The summed E-state index contributed by atoms with van der Waals surface area (Å²) in [5.74, 6) is -0.896. The lowest BCUT2D eigenvalue weighted by atomic mass is 10.2. The number of amides is 1. The standard InChI is InChI=1S/C14H13FN2O2/c15-12-3-1-2-4-13(12)17-14(19)10-5-7-16-11(9-10)6-8-18/h1-5,7,9,18H,6,8H2,(H,17,19). The Morgan fingerprint density at radius 3 is 2.84 bits per heavy atom. The number of para-hydroxylation sites is 1. The van der Waals surface area contributed by atoms with E-state index in [0.29, 0.717) is 17.7 Å². The maximum absolute atomic E-state index is 13.4. The average Bonchev–Trinajstić information content (AvgIpc) is 2.42. The first kappa shape index (κ1) is 13.2. The fraction of sp³-hybridized carbons (Fsp3) is 0.143. The van der Waals surface area contributed by atoms with Crippen LogP contribution in [0.5, 0.6) is 0 Å². The van der Waals surface area contributed by atoms with Gasteiger partial charge in [-0.2, -0.15) is 0 Å². The van der Waals surface area contributed by atoms with Crippen LogP contribution in [0.15, 0.2) is 42.6 Å². The van der Waals surface area contributed by atoms with Gasteiger partial charge in [0.15, 0.2) is 0 Å². The van der Waals surface area contributed by atoms with Crippen molar-refractivity contribution in [1.82, 2.24) is 4.98 Å². The number of pyridine rings is 1. The minimum Gasteiger partial charge on any atom is -0.396 e. The van der Waals surface area contributed by atoms with Gasteiger partial charge >= 0.3 is 0 Å². The molecule has 0 unspecified atom stereocenters. The van der Waals surface area contributed by atoms with Gasteiger partial charge in [0.05, 0.1) is 5.69 Å². The predicted molar refractivity (Wildman–Crippen MR) is 69.4 cm³/mol. The van der Waals surface area contributed by atoms with E-state index < -0.39 is 11.7 Å². The molecule has 0 saturated carbocycles. The molecule has 1 aromatic heterocycles. The number of carbonyl (C=O) groups is 1. The first-order chi connectivity index (χ1) is 9.20. The number of anilines is 1. The maximum atomic E-state index is 13.4. The number of aliphatic hydroxyl groups is 1. The third kappa shape index (κ3) is 3.35. The van der Waals surface area contributed by atoms with Crippen molar-refractivity contribution in [3.8, 4) is 0 Å². The fourth-order valence-corrected chi connectivity index (χ4v) is 1.63. The Morgan fingerprint density at radius 2 is 2.11 bits per heavy atom. The molecule has 4 nitrogen and oxygen atoms in total. The van der Waals surface area contributed by atoms with Crippen LogP contribution in [0.2, 0.25) is 0 Å².